The van der Waals surface area contributed by atoms with Gasteiger partial charge in [-0.05, 0) is 73.4 Å². The van der Waals surface area contributed by atoms with Crippen LogP contribution in [0.5, 0.6) is 0 Å². The topological polar surface area (TPSA) is 86.8 Å². The number of hydrogen-bond acceptors (Lipinski definition) is 4. The van der Waals surface area contributed by atoms with Crippen LogP contribution in [0.3, 0.4) is 0 Å². The van der Waals surface area contributed by atoms with Crippen LogP contribution in [0.25, 0.3) is 0 Å². The van der Waals surface area contributed by atoms with Crippen LogP contribution in [-0.2, 0) is 26.2 Å². The van der Waals surface area contributed by atoms with Crippen molar-refractivity contribution in [1.82, 2.24) is 10.2 Å². The van der Waals surface area contributed by atoms with E-state index in [0.717, 1.165) is 54.1 Å². The maximum absolute atomic E-state index is 14.1. The highest BCUT2D eigenvalue weighted by atomic mass is 35.5. The van der Waals surface area contributed by atoms with E-state index in [0.29, 0.717) is 11.4 Å². The molecule has 0 aliphatic heterocycles. The highest BCUT2D eigenvalue weighted by Crippen LogP contribution is 2.25. The Balaban J connectivity index is 1.68. The standard InChI is InChI=1S/C31H35ClFN3O4S/c1-2-29(31(38)34-26-9-5-3-6-10-26)35(21-23-13-15-24(32)16-14-23)30(37)22-36(27-11-7-4-8-12-27)41(39,40)28-19-17-25(33)18-20-28/h4,7-8,11-20,26,29H,2-3,5-6,9-10,21-22H2,1H3,(H,34,38)/t29-/m0/s1. The number of benzene rings is 3. The number of rotatable bonds is 11. The minimum absolute atomic E-state index is 0.0532. The third-order valence-electron chi connectivity index (χ3n) is 7.33. The first-order valence-electron chi connectivity index (χ1n) is 13.9. The predicted octanol–water partition coefficient (Wildman–Crippen LogP) is 5.93. The van der Waals surface area contributed by atoms with Crippen LogP contribution >= 0.6 is 11.6 Å². The van der Waals surface area contributed by atoms with Crippen LogP contribution in [0.1, 0.15) is 51.0 Å². The van der Waals surface area contributed by atoms with Crippen LogP contribution in [0.15, 0.2) is 83.8 Å². The van der Waals surface area contributed by atoms with Gasteiger partial charge in [0.15, 0.2) is 0 Å². The SMILES string of the molecule is CC[C@@H](C(=O)NC1CCCCC1)N(Cc1ccc(Cl)cc1)C(=O)CN(c1ccccc1)S(=O)(=O)c1ccc(F)cc1. The van der Waals surface area contributed by atoms with Crippen molar-refractivity contribution in [3.8, 4) is 0 Å². The third kappa shape index (κ3) is 7.86. The van der Waals surface area contributed by atoms with E-state index in [1.165, 1.54) is 17.0 Å². The van der Waals surface area contributed by atoms with Crippen LogP contribution < -0.4 is 9.62 Å². The molecule has 2 amide bonds. The molecule has 4 rings (SSSR count). The molecule has 1 N–H and O–H groups in total. The van der Waals surface area contributed by atoms with Gasteiger partial charge in [0.25, 0.3) is 10.0 Å². The van der Waals surface area contributed by atoms with E-state index >= 15 is 0 Å². The summed E-state index contributed by atoms with van der Waals surface area (Å²) in [7, 11) is -4.25. The van der Waals surface area contributed by atoms with Crippen LogP contribution in [-0.4, -0.2) is 43.8 Å². The number of halogens is 2. The Labute approximate surface area is 246 Å². The number of hydrogen-bond donors (Lipinski definition) is 1. The lowest BCUT2D eigenvalue weighted by molar-refractivity contribution is -0.140. The van der Waals surface area contributed by atoms with E-state index in [9.17, 15) is 22.4 Å². The van der Waals surface area contributed by atoms with Crippen LogP contribution in [0.2, 0.25) is 5.02 Å². The monoisotopic (exact) mass is 599 g/mol. The summed E-state index contributed by atoms with van der Waals surface area (Å²) < 4.78 is 42.2. The Morgan fingerprint density at radius 3 is 2.20 bits per heavy atom. The Hall–Kier alpha value is -3.43. The zero-order valence-electron chi connectivity index (χ0n) is 23.0. The van der Waals surface area contributed by atoms with Gasteiger partial charge in [-0.3, -0.25) is 13.9 Å². The smallest absolute Gasteiger partial charge is 0.264 e. The molecule has 3 aromatic carbocycles. The maximum atomic E-state index is 14.1. The molecule has 0 unspecified atom stereocenters. The van der Waals surface area contributed by atoms with Crippen molar-refractivity contribution >= 4 is 39.1 Å². The van der Waals surface area contributed by atoms with Gasteiger partial charge in [-0.2, -0.15) is 0 Å². The molecule has 0 spiro atoms. The molecule has 218 valence electrons. The fourth-order valence-corrected chi connectivity index (χ4v) is 6.65. The molecular weight excluding hydrogens is 565 g/mol. The van der Waals surface area contributed by atoms with Crippen molar-refractivity contribution in [2.24, 2.45) is 0 Å². The Morgan fingerprint density at radius 1 is 0.951 bits per heavy atom. The first-order chi connectivity index (χ1) is 19.7. The average molecular weight is 600 g/mol. The molecule has 10 heteroatoms. The lowest BCUT2D eigenvalue weighted by Gasteiger charge is -2.34. The quantitative estimate of drug-likeness (QED) is 0.296. The number of anilines is 1. The summed E-state index contributed by atoms with van der Waals surface area (Å²) >= 11 is 6.07. The fraction of sp³-hybridized carbons (Fsp3) is 0.355. The number of amides is 2. The van der Waals surface area contributed by atoms with Crippen LogP contribution in [0.4, 0.5) is 10.1 Å². The van der Waals surface area contributed by atoms with Gasteiger partial charge in [0.05, 0.1) is 10.6 Å². The summed E-state index contributed by atoms with van der Waals surface area (Å²) in [5, 5.41) is 3.66. The predicted molar refractivity (Wildman–Crippen MR) is 158 cm³/mol. The van der Waals surface area contributed by atoms with Gasteiger partial charge in [0.1, 0.15) is 18.4 Å². The molecule has 0 heterocycles. The fourth-order valence-electron chi connectivity index (χ4n) is 5.11. The molecule has 3 aromatic rings. The number of carbonyl (C=O) groups excluding carboxylic acids is 2. The second kappa shape index (κ2) is 14.0. The summed E-state index contributed by atoms with van der Waals surface area (Å²) in [6, 6.07) is 18.9. The van der Waals surface area contributed by atoms with E-state index in [1.807, 2.05) is 6.92 Å². The summed E-state index contributed by atoms with van der Waals surface area (Å²) in [5.41, 5.74) is 1.02. The van der Waals surface area contributed by atoms with Gasteiger partial charge in [-0.1, -0.05) is 68.1 Å². The third-order valence-corrected chi connectivity index (χ3v) is 9.37. The number of nitrogens with zero attached hydrogens (tertiary/aromatic N) is 2. The summed E-state index contributed by atoms with van der Waals surface area (Å²) in [5.74, 6) is -1.37. The van der Waals surface area contributed by atoms with Crippen molar-refractivity contribution in [3.05, 3.63) is 95.3 Å². The van der Waals surface area contributed by atoms with Crippen LogP contribution in [0, 0.1) is 5.82 Å². The van der Waals surface area contributed by atoms with Gasteiger partial charge in [-0.25, -0.2) is 12.8 Å². The molecule has 1 fully saturated rings. The molecule has 0 aromatic heterocycles. The Morgan fingerprint density at radius 2 is 1.59 bits per heavy atom. The second-order valence-corrected chi connectivity index (χ2v) is 12.5. The molecule has 1 saturated carbocycles. The summed E-state index contributed by atoms with van der Waals surface area (Å²) in [6.07, 6.45) is 5.36. The molecule has 0 radical (unpaired) electrons. The van der Waals surface area contributed by atoms with Gasteiger partial charge in [-0.15, -0.1) is 0 Å². The summed E-state index contributed by atoms with van der Waals surface area (Å²) in [6.45, 7) is 1.37. The number of nitrogens with one attached hydrogen (secondary N) is 1. The molecule has 7 nitrogen and oxygen atoms in total. The summed E-state index contributed by atoms with van der Waals surface area (Å²) in [4.78, 5) is 28.9. The molecule has 41 heavy (non-hydrogen) atoms. The van der Waals surface area contributed by atoms with Crippen molar-refractivity contribution in [2.45, 2.75) is 69.0 Å². The maximum Gasteiger partial charge on any atom is 0.264 e. The van der Waals surface area contributed by atoms with Gasteiger partial charge < -0.3 is 10.2 Å². The van der Waals surface area contributed by atoms with Gasteiger partial charge in [0.2, 0.25) is 11.8 Å². The largest absolute Gasteiger partial charge is 0.352 e. The highest BCUT2D eigenvalue weighted by molar-refractivity contribution is 7.92. The molecular formula is C31H35ClFN3O4S. The number of carbonyl (C=O) groups is 2. The molecule has 1 aliphatic carbocycles. The lowest BCUT2D eigenvalue weighted by atomic mass is 9.95. The molecule has 0 bridgehead atoms. The van der Waals surface area contributed by atoms with Crippen molar-refractivity contribution in [1.29, 1.82) is 0 Å². The van der Waals surface area contributed by atoms with E-state index in [-0.39, 0.29) is 29.1 Å². The zero-order valence-corrected chi connectivity index (χ0v) is 24.6. The van der Waals surface area contributed by atoms with Crippen molar-refractivity contribution in [3.63, 3.8) is 0 Å². The highest BCUT2D eigenvalue weighted by Gasteiger charge is 2.34. The second-order valence-electron chi connectivity index (χ2n) is 10.2. The minimum Gasteiger partial charge on any atom is -0.352 e. The number of sulfonamides is 1. The normalized spacial score (nSPS) is 14.7. The Bertz CT molecular complexity index is 1410. The van der Waals surface area contributed by atoms with E-state index in [1.54, 1.807) is 54.6 Å². The lowest BCUT2D eigenvalue weighted by Crippen LogP contribution is -2.54. The van der Waals surface area contributed by atoms with E-state index < -0.39 is 34.3 Å². The van der Waals surface area contributed by atoms with Crippen molar-refractivity contribution < 1.29 is 22.4 Å². The molecule has 1 atom stereocenters. The van der Waals surface area contributed by atoms with Gasteiger partial charge in [0, 0.05) is 17.6 Å². The Kier molecular flexibility index (Phi) is 10.4. The molecule has 0 saturated heterocycles. The number of para-hydroxylation sites is 1. The van der Waals surface area contributed by atoms with Gasteiger partial charge >= 0.3 is 0 Å². The average Bonchev–Trinajstić information content (AvgIpc) is 2.98. The zero-order chi connectivity index (χ0) is 29.4. The molecule has 1 aliphatic rings. The first-order valence-corrected chi connectivity index (χ1v) is 15.7. The van der Waals surface area contributed by atoms with E-state index in [4.69, 9.17) is 11.6 Å². The van der Waals surface area contributed by atoms with E-state index in [2.05, 4.69) is 5.32 Å². The van der Waals surface area contributed by atoms with Crippen molar-refractivity contribution in [2.75, 3.05) is 10.8 Å². The first kappa shape index (κ1) is 30.5. The minimum atomic E-state index is -4.25.